The van der Waals surface area contributed by atoms with Gasteiger partial charge in [0.05, 0.1) is 25.8 Å². The number of rotatable bonds is 6. The highest BCUT2D eigenvalue weighted by molar-refractivity contribution is 6.02. The molecular weight excluding hydrogens is 336 g/mol. The van der Waals surface area contributed by atoms with Gasteiger partial charge in [-0.3, -0.25) is 9.59 Å². The quantitative estimate of drug-likeness (QED) is 0.831. The Balaban J connectivity index is 1.65. The number of hydrogen-bond donors (Lipinski definition) is 2. The number of carbonyl (C=O) groups is 2. The molecule has 2 amide bonds. The number of anilines is 2. The van der Waals surface area contributed by atoms with Crippen LogP contribution in [0, 0.1) is 0 Å². The van der Waals surface area contributed by atoms with Gasteiger partial charge in [-0.25, -0.2) is 0 Å². The van der Waals surface area contributed by atoms with Crippen LogP contribution in [-0.4, -0.2) is 31.6 Å². The zero-order valence-corrected chi connectivity index (χ0v) is 14.6. The molecule has 26 heavy (non-hydrogen) atoms. The predicted octanol–water partition coefficient (Wildman–Crippen LogP) is 2.82. The summed E-state index contributed by atoms with van der Waals surface area (Å²) in [5.74, 6) is 0.983. The van der Waals surface area contributed by atoms with E-state index in [0.29, 0.717) is 35.2 Å². The fourth-order valence-corrected chi connectivity index (χ4v) is 2.63. The highest BCUT2D eigenvalue weighted by atomic mass is 16.5. The molecule has 7 heteroatoms. The van der Waals surface area contributed by atoms with Gasteiger partial charge in [0.2, 0.25) is 5.91 Å². The van der Waals surface area contributed by atoms with Crippen molar-refractivity contribution < 1.29 is 23.8 Å². The highest BCUT2D eigenvalue weighted by Gasteiger charge is 2.29. The van der Waals surface area contributed by atoms with Gasteiger partial charge in [-0.15, -0.1) is 0 Å². The van der Waals surface area contributed by atoms with E-state index in [0.717, 1.165) is 0 Å². The van der Waals surface area contributed by atoms with Crippen LogP contribution in [0.1, 0.15) is 13.3 Å². The van der Waals surface area contributed by atoms with Gasteiger partial charge >= 0.3 is 0 Å². The maximum absolute atomic E-state index is 12.3. The Morgan fingerprint density at radius 1 is 1.23 bits per heavy atom. The topological polar surface area (TPSA) is 85.9 Å². The molecule has 0 unspecified atom stereocenters. The Morgan fingerprint density at radius 2 is 2.04 bits per heavy atom. The lowest BCUT2D eigenvalue weighted by molar-refractivity contribution is -0.128. The molecule has 0 bridgehead atoms. The molecule has 7 nitrogen and oxygen atoms in total. The van der Waals surface area contributed by atoms with E-state index in [4.69, 9.17) is 14.2 Å². The molecule has 3 rings (SSSR count). The van der Waals surface area contributed by atoms with Gasteiger partial charge in [0.1, 0.15) is 5.75 Å². The molecule has 0 aromatic heterocycles. The van der Waals surface area contributed by atoms with Gasteiger partial charge in [-0.1, -0.05) is 12.1 Å². The van der Waals surface area contributed by atoms with Crippen LogP contribution in [0.2, 0.25) is 0 Å². The number of carbonyl (C=O) groups excluding carboxylic acids is 2. The molecule has 2 N–H and O–H groups in total. The molecule has 0 aliphatic carbocycles. The van der Waals surface area contributed by atoms with Crippen molar-refractivity contribution in [3.05, 3.63) is 42.5 Å². The van der Waals surface area contributed by atoms with E-state index in [2.05, 4.69) is 10.6 Å². The van der Waals surface area contributed by atoms with Crippen molar-refractivity contribution in [1.82, 2.24) is 0 Å². The Bertz CT molecular complexity index is 821. The lowest BCUT2D eigenvalue weighted by Crippen LogP contribution is -2.39. The molecule has 136 valence electrons. The van der Waals surface area contributed by atoms with Crippen LogP contribution in [0.4, 0.5) is 11.4 Å². The van der Waals surface area contributed by atoms with Crippen LogP contribution in [0.3, 0.4) is 0 Å². The molecule has 1 aliphatic rings. The van der Waals surface area contributed by atoms with Gasteiger partial charge in [0, 0.05) is 11.8 Å². The molecule has 1 atom stereocenters. The van der Waals surface area contributed by atoms with Crippen molar-refractivity contribution in [3.63, 3.8) is 0 Å². The minimum Gasteiger partial charge on any atom is -0.493 e. The van der Waals surface area contributed by atoms with E-state index in [9.17, 15) is 9.59 Å². The van der Waals surface area contributed by atoms with Crippen LogP contribution in [-0.2, 0) is 9.59 Å². The molecule has 0 fully saturated rings. The van der Waals surface area contributed by atoms with E-state index in [1.165, 1.54) is 7.11 Å². The van der Waals surface area contributed by atoms with E-state index in [1.54, 1.807) is 42.5 Å². The first-order valence-corrected chi connectivity index (χ1v) is 8.28. The first-order valence-electron chi connectivity index (χ1n) is 8.28. The summed E-state index contributed by atoms with van der Waals surface area (Å²) in [5, 5.41) is 5.48. The van der Waals surface area contributed by atoms with Crippen molar-refractivity contribution in [2.75, 3.05) is 24.4 Å². The Labute approximate surface area is 151 Å². The second-order valence-corrected chi connectivity index (χ2v) is 5.64. The van der Waals surface area contributed by atoms with Crippen LogP contribution < -0.4 is 24.8 Å². The second-order valence-electron chi connectivity index (χ2n) is 5.64. The number of hydrogen-bond acceptors (Lipinski definition) is 5. The molecule has 2 aromatic rings. The van der Waals surface area contributed by atoms with Crippen LogP contribution in [0.25, 0.3) is 0 Å². The molecule has 1 aliphatic heterocycles. The van der Waals surface area contributed by atoms with Crippen molar-refractivity contribution in [2.45, 2.75) is 19.4 Å². The molecule has 0 radical (unpaired) electrons. The van der Waals surface area contributed by atoms with Crippen LogP contribution >= 0.6 is 0 Å². The lowest BCUT2D eigenvalue weighted by atomic mass is 10.1. The maximum Gasteiger partial charge on any atom is 0.266 e. The summed E-state index contributed by atoms with van der Waals surface area (Å²) in [6.07, 6.45) is -0.982. The number of para-hydroxylation sites is 2. The molecule has 0 saturated carbocycles. The van der Waals surface area contributed by atoms with E-state index in [-0.39, 0.29) is 18.2 Å². The number of amides is 2. The van der Waals surface area contributed by atoms with Crippen molar-refractivity contribution in [1.29, 1.82) is 0 Å². The predicted molar refractivity (Wildman–Crippen MR) is 96.9 cm³/mol. The van der Waals surface area contributed by atoms with Crippen molar-refractivity contribution >= 4 is 23.2 Å². The number of fused-ring (bicyclic) bond motifs is 1. The molecule has 0 spiro atoms. The zero-order valence-electron chi connectivity index (χ0n) is 14.6. The van der Waals surface area contributed by atoms with Crippen LogP contribution in [0.15, 0.2) is 42.5 Å². The fourth-order valence-electron chi connectivity index (χ4n) is 2.63. The standard InChI is InChI=1S/C19H20N2O5/c1-3-25-15-9-8-12(10-16(15)24-2)20-18(22)11-17-19(23)21-13-6-4-5-7-14(13)26-17/h4-10,17H,3,11H2,1-2H3,(H,20,22)(H,21,23)/t17-/m1/s1. The third kappa shape index (κ3) is 3.88. The summed E-state index contributed by atoms with van der Waals surface area (Å²) in [7, 11) is 1.53. The fraction of sp³-hybridized carbons (Fsp3) is 0.263. The Morgan fingerprint density at radius 3 is 2.81 bits per heavy atom. The Kier molecular flexibility index (Phi) is 5.26. The summed E-state index contributed by atoms with van der Waals surface area (Å²) < 4.78 is 16.3. The van der Waals surface area contributed by atoms with Gasteiger partial charge in [0.15, 0.2) is 17.6 Å². The molecule has 0 saturated heterocycles. The number of nitrogens with one attached hydrogen (secondary N) is 2. The monoisotopic (exact) mass is 356 g/mol. The first-order chi connectivity index (χ1) is 12.6. The minimum absolute atomic E-state index is 0.101. The Hall–Kier alpha value is -3.22. The molecular formula is C19H20N2O5. The summed E-state index contributed by atoms with van der Waals surface area (Å²) in [5.41, 5.74) is 1.15. The normalized spacial score (nSPS) is 15.3. The van der Waals surface area contributed by atoms with Crippen molar-refractivity contribution in [3.8, 4) is 17.2 Å². The van der Waals surface area contributed by atoms with E-state index in [1.807, 2.05) is 6.92 Å². The van der Waals surface area contributed by atoms with Crippen molar-refractivity contribution in [2.24, 2.45) is 0 Å². The largest absolute Gasteiger partial charge is 0.493 e. The summed E-state index contributed by atoms with van der Waals surface area (Å²) in [6.45, 7) is 2.39. The summed E-state index contributed by atoms with van der Waals surface area (Å²) in [6, 6.07) is 12.2. The zero-order chi connectivity index (χ0) is 18.5. The maximum atomic E-state index is 12.3. The average Bonchev–Trinajstić information content (AvgIpc) is 2.63. The number of ether oxygens (including phenoxy) is 3. The van der Waals surface area contributed by atoms with Gasteiger partial charge in [-0.05, 0) is 31.2 Å². The number of benzene rings is 2. The number of methoxy groups -OCH3 is 1. The third-order valence-electron chi connectivity index (χ3n) is 3.82. The lowest BCUT2D eigenvalue weighted by Gasteiger charge is -2.25. The van der Waals surface area contributed by atoms with Gasteiger partial charge in [0.25, 0.3) is 5.91 Å². The van der Waals surface area contributed by atoms with E-state index >= 15 is 0 Å². The van der Waals surface area contributed by atoms with Gasteiger partial charge in [-0.2, -0.15) is 0 Å². The van der Waals surface area contributed by atoms with Gasteiger partial charge < -0.3 is 24.8 Å². The second kappa shape index (κ2) is 7.77. The first kappa shape index (κ1) is 17.6. The summed E-state index contributed by atoms with van der Waals surface area (Å²) in [4.78, 5) is 24.4. The highest BCUT2D eigenvalue weighted by Crippen LogP contribution is 2.31. The minimum atomic E-state index is -0.880. The SMILES string of the molecule is CCOc1ccc(NC(=O)C[C@H]2Oc3ccccc3NC2=O)cc1OC. The molecule has 1 heterocycles. The smallest absolute Gasteiger partial charge is 0.266 e. The summed E-state index contributed by atoms with van der Waals surface area (Å²) >= 11 is 0. The molecule has 2 aromatic carbocycles. The third-order valence-corrected chi connectivity index (χ3v) is 3.82. The van der Waals surface area contributed by atoms with E-state index < -0.39 is 6.10 Å². The van der Waals surface area contributed by atoms with Crippen LogP contribution in [0.5, 0.6) is 17.2 Å². The average molecular weight is 356 g/mol.